The fourth-order valence-corrected chi connectivity index (χ4v) is 4.26. The molecule has 2 aromatic carbocycles. The molecule has 0 unspecified atom stereocenters. The molecule has 1 N–H and O–H groups in total. The molecule has 0 bridgehead atoms. The summed E-state index contributed by atoms with van der Waals surface area (Å²) in [5, 5.41) is 11.3. The summed E-state index contributed by atoms with van der Waals surface area (Å²) < 4.78 is 19.5. The van der Waals surface area contributed by atoms with Crippen LogP contribution in [0.5, 0.6) is 5.75 Å². The largest absolute Gasteiger partial charge is 0.507 e. The van der Waals surface area contributed by atoms with Crippen LogP contribution in [-0.4, -0.2) is 59.4 Å². The molecule has 0 spiro atoms. The minimum Gasteiger partial charge on any atom is -0.507 e. The van der Waals surface area contributed by atoms with Gasteiger partial charge in [0.05, 0.1) is 18.2 Å². The Morgan fingerprint density at radius 3 is 2.34 bits per heavy atom. The van der Waals surface area contributed by atoms with Gasteiger partial charge >= 0.3 is 0 Å². The van der Waals surface area contributed by atoms with Crippen LogP contribution in [0.4, 0.5) is 4.39 Å². The Kier molecular flexibility index (Phi) is 8.67. The molecule has 1 amide bonds. The third kappa shape index (κ3) is 5.90. The number of ketones is 1. The van der Waals surface area contributed by atoms with Gasteiger partial charge in [-0.25, -0.2) is 4.39 Å². The molecule has 1 aliphatic rings. The summed E-state index contributed by atoms with van der Waals surface area (Å²) in [4.78, 5) is 29.9. The molecule has 7 heteroatoms. The van der Waals surface area contributed by atoms with E-state index in [2.05, 4.69) is 18.7 Å². The highest BCUT2D eigenvalue weighted by Gasteiger charge is 2.46. The number of Topliss-reactive ketones (excluding diaryl/α,β-unsaturated/α-hetero) is 1. The van der Waals surface area contributed by atoms with Crippen LogP contribution in [0.25, 0.3) is 5.76 Å². The van der Waals surface area contributed by atoms with E-state index in [1.165, 1.54) is 17.0 Å². The normalized spacial score (nSPS) is 17.6. The molecule has 1 aliphatic heterocycles. The maximum Gasteiger partial charge on any atom is 0.295 e. The molecule has 1 fully saturated rings. The third-order valence-electron chi connectivity index (χ3n) is 6.30. The maximum absolute atomic E-state index is 13.7. The lowest BCUT2D eigenvalue weighted by atomic mass is 9.94. The number of benzene rings is 2. The number of likely N-dealkylation sites (N-methyl/N-ethyl adjacent to an activating group) is 1. The molecule has 188 valence electrons. The summed E-state index contributed by atoms with van der Waals surface area (Å²) in [6.07, 6.45) is 0. The Bertz CT molecular complexity index is 1090. The molecule has 3 rings (SSSR count). The van der Waals surface area contributed by atoms with Crippen LogP contribution < -0.4 is 4.74 Å². The zero-order valence-electron chi connectivity index (χ0n) is 21.2. The van der Waals surface area contributed by atoms with E-state index in [1.807, 2.05) is 20.8 Å². The Morgan fingerprint density at radius 2 is 1.77 bits per heavy atom. The number of ether oxygens (including phenoxy) is 1. The number of nitrogens with zero attached hydrogens (tertiary/aromatic N) is 2. The van der Waals surface area contributed by atoms with E-state index in [4.69, 9.17) is 4.74 Å². The van der Waals surface area contributed by atoms with Crippen molar-refractivity contribution in [1.82, 2.24) is 9.80 Å². The molecule has 1 heterocycles. The number of aliphatic hydroxyl groups is 1. The van der Waals surface area contributed by atoms with Crippen LogP contribution in [0, 0.1) is 18.7 Å². The van der Waals surface area contributed by atoms with Crippen molar-refractivity contribution in [2.75, 3.05) is 32.8 Å². The van der Waals surface area contributed by atoms with Crippen molar-refractivity contribution >= 4 is 17.4 Å². The van der Waals surface area contributed by atoms with Crippen LogP contribution in [0.3, 0.4) is 0 Å². The van der Waals surface area contributed by atoms with E-state index in [1.54, 1.807) is 30.3 Å². The first-order chi connectivity index (χ1) is 16.7. The van der Waals surface area contributed by atoms with Crippen molar-refractivity contribution in [3.05, 3.63) is 70.5 Å². The molecular formula is C28H35FN2O4. The highest BCUT2D eigenvalue weighted by molar-refractivity contribution is 6.46. The Hall–Kier alpha value is -3.19. The number of halogens is 1. The van der Waals surface area contributed by atoms with Gasteiger partial charge in [-0.1, -0.05) is 39.8 Å². The van der Waals surface area contributed by atoms with Gasteiger partial charge in [-0.3, -0.25) is 9.59 Å². The van der Waals surface area contributed by atoms with Crippen LogP contribution in [0.1, 0.15) is 50.4 Å². The number of amides is 1. The first kappa shape index (κ1) is 26.4. The summed E-state index contributed by atoms with van der Waals surface area (Å²) >= 11 is 0. The van der Waals surface area contributed by atoms with Crippen molar-refractivity contribution in [3.8, 4) is 5.75 Å². The molecule has 1 saturated heterocycles. The van der Waals surface area contributed by atoms with Crippen LogP contribution in [0.15, 0.2) is 48.0 Å². The fourth-order valence-electron chi connectivity index (χ4n) is 4.26. The zero-order chi connectivity index (χ0) is 25.7. The second-order valence-electron chi connectivity index (χ2n) is 9.26. The molecule has 1 atom stereocenters. The predicted octanol–water partition coefficient (Wildman–Crippen LogP) is 4.93. The lowest BCUT2D eigenvalue weighted by Crippen LogP contribution is -2.38. The topological polar surface area (TPSA) is 70.1 Å². The van der Waals surface area contributed by atoms with Crippen molar-refractivity contribution in [2.45, 2.75) is 40.7 Å². The fraction of sp³-hybridized carbons (Fsp3) is 0.429. The summed E-state index contributed by atoms with van der Waals surface area (Å²) in [7, 11) is 0. The number of carbonyl (C=O) groups is 2. The number of aliphatic hydroxyl groups excluding tert-OH is 1. The number of hydrogen-bond acceptors (Lipinski definition) is 5. The van der Waals surface area contributed by atoms with E-state index in [9.17, 15) is 19.1 Å². The second-order valence-corrected chi connectivity index (χ2v) is 9.26. The van der Waals surface area contributed by atoms with Crippen molar-refractivity contribution in [3.63, 3.8) is 0 Å². The van der Waals surface area contributed by atoms with Crippen molar-refractivity contribution < 1.29 is 23.8 Å². The third-order valence-corrected chi connectivity index (χ3v) is 6.30. The van der Waals surface area contributed by atoms with Crippen LogP contribution in [0.2, 0.25) is 0 Å². The van der Waals surface area contributed by atoms with E-state index < -0.39 is 23.5 Å². The minimum atomic E-state index is -0.802. The number of hydrogen-bond donors (Lipinski definition) is 1. The molecule has 2 aromatic rings. The van der Waals surface area contributed by atoms with Gasteiger partial charge in [0.2, 0.25) is 0 Å². The first-order valence-electron chi connectivity index (χ1n) is 12.2. The lowest BCUT2D eigenvalue weighted by Gasteiger charge is -2.28. The molecule has 6 nitrogen and oxygen atoms in total. The van der Waals surface area contributed by atoms with E-state index in [0.717, 1.165) is 18.7 Å². The predicted molar refractivity (Wildman–Crippen MR) is 135 cm³/mol. The average Bonchev–Trinajstić information content (AvgIpc) is 3.08. The standard InChI is InChI=1S/C28H35FN2O4/c1-6-30(7-2)14-15-31-25(20-8-11-22(29)12-9-20)24(27(33)28(31)34)26(32)21-10-13-23(19(5)16-21)35-17-18(3)4/h8-13,16,18,25,32H,6-7,14-15,17H2,1-5H3/b26-24+/t25-/m1/s1. The minimum absolute atomic E-state index is 0.0106. The Balaban J connectivity index is 2.04. The van der Waals surface area contributed by atoms with E-state index in [0.29, 0.717) is 42.5 Å². The molecular weight excluding hydrogens is 447 g/mol. The van der Waals surface area contributed by atoms with Crippen molar-refractivity contribution in [1.29, 1.82) is 0 Å². The number of aryl methyl sites for hydroxylation is 1. The Morgan fingerprint density at radius 1 is 1.11 bits per heavy atom. The summed E-state index contributed by atoms with van der Waals surface area (Å²) in [6, 6.07) is 10.1. The smallest absolute Gasteiger partial charge is 0.295 e. The van der Waals surface area contributed by atoms with Gasteiger partial charge < -0.3 is 19.6 Å². The lowest BCUT2D eigenvalue weighted by molar-refractivity contribution is -0.140. The van der Waals surface area contributed by atoms with Gasteiger partial charge in [0.1, 0.15) is 17.3 Å². The van der Waals surface area contributed by atoms with E-state index in [-0.39, 0.29) is 11.3 Å². The highest BCUT2D eigenvalue weighted by Crippen LogP contribution is 2.39. The first-order valence-corrected chi connectivity index (χ1v) is 12.2. The van der Waals surface area contributed by atoms with Gasteiger partial charge in [-0.2, -0.15) is 0 Å². The number of rotatable bonds is 10. The average molecular weight is 483 g/mol. The second kappa shape index (κ2) is 11.5. The number of likely N-dealkylation sites (tertiary alicyclic amines) is 1. The summed E-state index contributed by atoms with van der Waals surface area (Å²) in [5.74, 6) is -1.01. The van der Waals surface area contributed by atoms with Crippen LogP contribution >= 0.6 is 0 Å². The summed E-state index contributed by atoms with van der Waals surface area (Å²) in [5.41, 5.74) is 1.81. The monoisotopic (exact) mass is 482 g/mol. The molecule has 0 aromatic heterocycles. The highest BCUT2D eigenvalue weighted by atomic mass is 19.1. The van der Waals surface area contributed by atoms with Crippen molar-refractivity contribution in [2.24, 2.45) is 5.92 Å². The zero-order valence-corrected chi connectivity index (χ0v) is 21.2. The number of carbonyl (C=O) groups excluding carboxylic acids is 2. The Labute approximate surface area is 207 Å². The molecule has 0 saturated carbocycles. The quantitative estimate of drug-likeness (QED) is 0.295. The molecule has 35 heavy (non-hydrogen) atoms. The van der Waals surface area contributed by atoms with Gasteiger partial charge in [-0.15, -0.1) is 0 Å². The SMILES string of the molecule is CCN(CC)CCN1C(=O)C(=O)/C(=C(/O)c2ccc(OCC(C)C)c(C)c2)[C@H]1c1ccc(F)cc1. The van der Waals surface area contributed by atoms with Gasteiger partial charge in [0.15, 0.2) is 0 Å². The van der Waals surface area contributed by atoms with Crippen LogP contribution in [-0.2, 0) is 9.59 Å². The molecule has 0 radical (unpaired) electrons. The van der Waals surface area contributed by atoms with Gasteiger partial charge in [-0.05, 0) is 67.4 Å². The maximum atomic E-state index is 13.7. The molecule has 0 aliphatic carbocycles. The van der Waals surface area contributed by atoms with E-state index >= 15 is 0 Å². The van der Waals surface area contributed by atoms with Gasteiger partial charge in [0.25, 0.3) is 11.7 Å². The van der Waals surface area contributed by atoms with Gasteiger partial charge in [0, 0.05) is 18.7 Å². The summed E-state index contributed by atoms with van der Waals surface area (Å²) in [6.45, 7) is 13.1.